The highest BCUT2D eigenvalue weighted by molar-refractivity contribution is 7.99. The minimum absolute atomic E-state index is 0.0346. The van der Waals surface area contributed by atoms with Gasteiger partial charge in [-0.05, 0) is 37.6 Å². The van der Waals surface area contributed by atoms with Crippen LogP contribution in [0.5, 0.6) is 0 Å². The Bertz CT molecular complexity index is 899. The van der Waals surface area contributed by atoms with Crippen LogP contribution in [0.25, 0.3) is 11.1 Å². The highest BCUT2D eigenvalue weighted by Gasteiger charge is 2.14. The molecule has 6 heteroatoms. The Hall–Kier alpha value is -2.60. The number of aromatic nitrogens is 1. The lowest BCUT2D eigenvalue weighted by Crippen LogP contribution is -2.16. The van der Waals surface area contributed by atoms with Crippen molar-refractivity contribution >= 4 is 34.6 Å². The zero-order valence-corrected chi connectivity index (χ0v) is 14.8. The van der Waals surface area contributed by atoms with Gasteiger partial charge in [-0.2, -0.15) is 0 Å². The molecule has 128 valence electrons. The Kier molecular flexibility index (Phi) is 5.19. The summed E-state index contributed by atoms with van der Waals surface area (Å²) in [5.41, 5.74) is 3.85. The van der Waals surface area contributed by atoms with Crippen LogP contribution in [0, 0.1) is 13.8 Å². The minimum Gasteiger partial charge on any atom is -0.457 e. The molecule has 0 bridgehead atoms. The fourth-order valence-corrected chi connectivity index (χ4v) is 2.97. The van der Waals surface area contributed by atoms with Gasteiger partial charge in [0, 0.05) is 5.56 Å². The van der Waals surface area contributed by atoms with E-state index in [0.29, 0.717) is 16.4 Å². The number of thioether (sulfide) groups is 1. The van der Waals surface area contributed by atoms with Gasteiger partial charge in [0.2, 0.25) is 5.78 Å². The topological polar surface area (TPSA) is 69.4 Å². The van der Waals surface area contributed by atoms with Gasteiger partial charge in [0.15, 0.2) is 12.2 Å². The van der Waals surface area contributed by atoms with Crippen molar-refractivity contribution in [2.24, 2.45) is 0 Å². The van der Waals surface area contributed by atoms with E-state index in [1.54, 1.807) is 6.07 Å². The first-order valence-corrected chi connectivity index (χ1v) is 8.76. The SMILES string of the molecule is Cc1ccc(C)c(C(=O)COC(=O)CSc2nc3ccccc3o2)c1. The van der Waals surface area contributed by atoms with E-state index in [4.69, 9.17) is 9.15 Å². The molecule has 0 radical (unpaired) electrons. The van der Waals surface area contributed by atoms with E-state index in [-0.39, 0.29) is 18.1 Å². The lowest BCUT2D eigenvalue weighted by molar-refractivity contribution is -0.139. The summed E-state index contributed by atoms with van der Waals surface area (Å²) < 4.78 is 10.6. The maximum absolute atomic E-state index is 12.2. The summed E-state index contributed by atoms with van der Waals surface area (Å²) in [7, 11) is 0. The molecule has 1 heterocycles. The number of nitrogens with zero attached hydrogens (tertiary/aromatic N) is 1. The molecule has 0 aliphatic rings. The van der Waals surface area contributed by atoms with Gasteiger partial charge in [-0.15, -0.1) is 0 Å². The number of hydrogen-bond acceptors (Lipinski definition) is 6. The van der Waals surface area contributed by atoms with Gasteiger partial charge in [0.1, 0.15) is 11.3 Å². The number of para-hydroxylation sites is 2. The third kappa shape index (κ3) is 4.28. The average Bonchev–Trinajstić information content (AvgIpc) is 3.03. The molecule has 1 aromatic heterocycles. The molecule has 3 rings (SSSR count). The number of Topliss-reactive ketones (excluding diaryl/α,β-unsaturated/α-hetero) is 1. The third-order valence-electron chi connectivity index (χ3n) is 3.65. The summed E-state index contributed by atoms with van der Waals surface area (Å²) in [6.07, 6.45) is 0. The highest BCUT2D eigenvalue weighted by atomic mass is 32.2. The molecular formula is C19H17NO4S. The van der Waals surface area contributed by atoms with Crippen molar-refractivity contribution < 1.29 is 18.7 Å². The van der Waals surface area contributed by atoms with Crippen LogP contribution < -0.4 is 0 Å². The molecule has 0 N–H and O–H groups in total. The largest absolute Gasteiger partial charge is 0.457 e. The molecule has 0 unspecified atom stereocenters. The number of fused-ring (bicyclic) bond motifs is 1. The van der Waals surface area contributed by atoms with Crippen molar-refractivity contribution in [3.05, 3.63) is 59.2 Å². The first kappa shape index (κ1) is 17.2. The molecule has 0 fully saturated rings. The number of aryl methyl sites for hydroxylation is 2. The van der Waals surface area contributed by atoms with Gasteiger partial charge in [0.05, 0.1) is 0 Å². The van der Waals surface area contributed by atoms with Crippen molar-refractivity contribution in [3.63, 3.8) is 0 Å². The Labute approximate surface area is 149 Å². The predicted molar refractivity (Wildman–Crippen MR) is 95.9 cm³/mol. The van der Waals surface area contributed by atoms with Crippen molar-refractivity contribution in [3.8, 4) is 0 Å². The molecule has 0 aliphatic carbocycles. The summed E-state index contributed by atoms with van der Waals surface area (Å²) in [6, 6.07) is 13.0. The van der Waals surface area contributed by atoms with Gasteiger partial charge in [-0.3, -0.25) is 9.59 Å². The number of ether oxygens (including phenoxy) is 1. The van der Waals surface area contributed by atoms with E-state index in [1.807, 2.05) is 50.2 Å². The molecule has 0 spiro atoms. The third-order valence-corrected chi connectivity index (χ3v) is 4.45. The second-order valence-electron chi connectivity index (χ2n) is 5.64. The van der Waals surface area contributed by atoms with Crippen LogP contribution in [0.1, 0.15) is 21.5 Å². The van der Waals surface area contributed by atoms with Crippen LogP contribution in [0.4, 0.5) is 0 Å². The zero-order chi connectivity index (χ0) is 17.8. The van der Waals surface area contributed by atoms with E-state index in [9.17, 15) is 9.59 Å². The first-order valence-electron chi connectivity index (χ1n) is 7.77. The average molecular weight is 355 g/mol. The molecule has 0 saturated heterocycles. The Morgan fingerprint density at radius 2 is 1.96 bits per heavy atom. The minimum atomic E-state index is -0.481. The van der Waals surface area contributed by atoms with Gasteiger partial charge < -0.3 is 9.15 Å². The molecule has 0 saturated carbocycles. The number of rotatable bonds is 6. The van der Waals surface area contributed by atoms with Crippen LogP contribution >= 0.6 is 11.8 Å². The number of ketones is 1. The quantitative estimate of drug-likeness (QED) is 0.379. The summed E-state index contributed by atoms with van der Waals surface area (Å²) in [4.78, 5) is 28.3. The van der Waals surface area contributed by atoms with Crippen LogP contribution in [-0.2, 0) is 9.53 Å². The molecule has 25 heavy (non-hydrogen) atoms. The molecule has 5 nitrogen and oxygen atoms in total. The Morgan fingerprint density at radius 1 is 1.16 bits per heavy atom. The van der Waals surface area contributed by atoms with E-state index in [0.717, 1.165) is 28.4 Å². The number of carbonyl (C=O) groups is 2. The van der Waals surface area contributed by atoms with Crippen molar-refractivity contribution in [2.75, 3.05) is 12.4 Å². The van der Waals surface area contributed by atoms with Crippen LogP contribution in [0.15, 0.2) is 52.1 Å². The maximum atomic E-state index is 12.2. The number of oxazole rings is 1. The number of benzene rings is 2. The van der Waals surface area contributed by atoms with E-state index >= 15 is 0 Å². The predicted octanol–water partition coefficient (Wildman–Crippen LogP) is 3.96. The fraction of sp³-hybridized carbons (Fsp3) is 0.211. The van der Waals surface area contributed by atoms with Crippen LogP contribution in [0.2, 0.25) is 0 Å². The monoisotopic (exact) mass is 355 g/mol. The second kappa shape index (κ2) is 7.53. The standard InChI is InChI=1S/C19H17NO4S/c1-12-7-8-13(2)14(9-12)16(21)10-23-18(22)11-25-19-20-15-5-3-4-6-17(15)24-19/h3-9H,10-11H2,1-2H3. The lowest BCUT2D eigenvalue weighted by atomic mass is 10.0. The van der Waals surface area contributed by atoms with Crippen molar-refractivity contribution in [1.82, 2.24) is 4.98 Å². The number of esters is 1. The van der Waals surface area contributed by atoms with Gasteiger partial charge in [-0.25, -0.2) is 4.98 Å². The smallest absolute Gasteiger partial charge is 0.316 e. The van der Waals surface area contributed by atoms with Crippen LogP contribution in [-0.4, -0.2) is 29.1 Å². The Balaban J connectivity index is 1.52. The lowest BCUT2D eigenvalue weighted by Gasteiger charge is -2.07. The summed E-state index contributed by atoms with van der Waals surface area (Å²) in [5, 5.41) is 0.402. The maximum Gasteiger partial charge on any atom is 0.316 e. The molecular weight excluding hydrogens is 338 g/mol. The van der Waals surface area contributed by atoms with E-state index in [1.165, 1.54) is 0 Å². The Morgan fingerprint density at radius 3 is 2.76 bits per heavy atom. The molecule has 0 aliphatic heterocycles. The summed E-state index contributed by atoms with van der Waals surface area (Å²) >= 11 is 1.14. The van der Waals surface area contributed by atoms with E-state index in [2.05, 4.69) is 4.98 Å². The molecule has 3 aromatic rings. The molecule has 0 atom stereocenters. The van der Waals surface area contributed by atoms with Crippen molar-refractivity contribution in [1.29, 1.82) is 0 Å². The van der Waals surface area contributed by atoms with E-state index < -0.39 is 5.97 Å². The second-order valence-corrected chi connectivity index (χ2v) is 6.56. The molecule has 2 aromatic carbocycles. The highest BCUT2D eigenvalue weighted by Crippen LogP contribution is 2.23. The zero-order valence-electron chi connectivity index (χ0n) is 13.9. The number of carbonyl (C=O) groups excluding carboxylic acids is 2. The normalized spacial score (nSPS) is 10.8. The fourth-order valence-electron chi connectivity index (χ4n) is 2.34. The van der Waals surface area contributed by atoms with Crippen molar-refractivity contribution in [2.45, 2.75) is 19.1 Å². The summed E-state index contributed by atoms with van der Waals surface area (Å²) in [5.74, 6) is -0.653. The van der Waals surface area contributed by atoms with Gasteiger partial charge >= 0.3 is 5.97 Å². The van der Waals surface area contributed by atoms with Crippen LogP contribution in [0.3, 0.4) is 0 Å². The van der Waals surface area contributed by atoms with Gasteiger partial charge in [0.25, 0.3) is 5.22 Å². The van der Waals surface area contributed by atoms with Gasteiger partial charge in [-0.1, -0.05) is 41.6 Å². The summed E-state index contributed by atoms with van der Waals surface area (Å²) in [6.45, 7) is 3.51. The number of hydrogen-bond donors (Lipinski definition) is 0. The first-order chi connectivity index (χ1) is 12.0. The molecule has 0 amide bonds.